The summed E-state index contributed by atoms with van der Waals surface area (Å²) in [5.74, 6) is 4.64. The first-order valence-electron chi connectivity index (χ1n) is 14.2. The highest BCUT2D eigenvalue weighted by Gasteiger charge is 2.58. The van der Waals surface area contributed by atoms with Crippen LogP contribution in [0.25, 0.3) is 0 Å². The lowest BCUT2D eigenvalue weighted by Gasteiger charge is -2.58. The first-order valence-corrected chi connectivity index (χ1v) is 14.2. The van der Waals surface area contributed by atoms with Crippen LogP contribution in [0.5, 0.6) is 0 Å². The SMILES string of the molecule is CC.CC.CC(C)CCCCC1CCC2C3CC=C4CC(O)CCC4(C)C3CCC12C. The zero-order chi connectivity index (χ0) is 23.2. The average molecular weight is 433 g/mol. The molecule has 0 saturated heterocycles. The molecule has 31 heavy (non-hydrogen) atoms. The molecule has 1 nitrogen and oxygen atoms in total. The number of hydrogen-bond acceptors (Lipinski definition) is 1. The van der Waals surface area contributed by atoms with Gasteiger partial charge in [-0.1, -0.05) is 86.3 Å². The molecule has 0 amide bonds. The molecule has 0 spiro atoms. The molecular formula is C30H56O. The van der Waals surface area contributed by atoms with Gasteiger partial charge in [-0.15, -0.1) is 0 Å². The lowest BCUT2D eigenvalue weighted by molar-refractivity contribution is -0.0508. The van der Waals surface area contributed by atoms with E-state index in [1.165, 1.54) is 64.2 Å². The molecule has 0 radical (unpaired) electrons. The van der Waals surface area contributed by atoms with Crippen LogP contribution in [0.3, 0.4) is 0 Å². The Morgan fingerprint density at radius 3 is 2.32 bits per heavy atom. The minimum Gasteiger partial charge on any atom is -0.393 e. The van der Waals surface area contributed by atoms with Crippen molar-refractivity contribution in [1.29, 1.82) is 0 Å². The van der Waals surface area contributed by atoms with E-state index in [2.05, 4.69) is 33.8 Å². The molecule has 0 aromatic heterocycles. The second-order valence-electron chi connectivity index (χ2n) is 11.7. The molecule has 3 fully saturated rings. The summed E-state index contributed by atoms with van der Waals surface area (Å²) in [7, 11) is 0. The quantitative estimate of drug-likeness (QED) is 0.339. The molecule has 1 N–H and O–H groups in total. The Bertz CT molecular complexity index is 563. The van der Waals surface area contributed by atoms with Crippen LogP contribution < -0.4 is 0 Å². The molecule has 0 aliphatic heterocycles. The number of allylic oxidation sites excluding steroid dienone is 1. The van der Waals surface area contributed by atoms with Gasteiger partial charge in [-0.05, 0) is 98.2 Å². The number of aliphatic hydroxyl groups excluding tert-OH is 1. The van der Waals surface area contributed by atoms with Crippen LogP contribution in [0.15, 0.2) is 11.6 Å². The van der Waals surface area contributed by atoms with Crippen molar-refractivity contribution in [3.8, 4) is 0 Å². The van der Waals surface area contributed by atoms with Crippen molar-refractivity contribution in [1.82, 2.24) is 0 Å². The van der Waals surface area contributed by atoms with Crippen LogP contribution in [0.2, 0.25) is 0 Å². The second-order valence-corrected chi connectivity index (χ2v) is 11.7. The van der Waals surface area contributed by atoms with Gasteiger partial charge in [0, 0.05) is 0 Å². The van der Waals surface area contributed by atoms with Gasteiger partial charge < -0.3 is 5.11 Å². The maximum absolute atomic E-state index is 10.2. The van der Waals surface area contributed by atoms with Crippen molar-refractivity contribution in [2.45, 2.75) is 139 Å². The van der Waals surface area contributed by atoms with Crippen LogP contribution >= 0.6 is 0 Å². The normalized spacial score (nSPS) is 41.0. The highest BCUT2D eigenvalue weighted by atomic mass is 16.3. The van der Waals surface area contributed by atoms with E-state index in [0.717, 1.165) is 42.4 Å². The van der Waals surface area contributed by atoms with Gasteiger partial charge in [0.1, 0.15) is 0 Å². The standard InChI is InChI=1S/C26H44O.2C2H6/c1-18(2)7-5-6-8-19-10-12-23-22-11-9-20-17-21(27)13-15-26(20,4)24(22)14-16-25(19,23)3;2*1-2/h9,18-19,21-24,27H,5-8,10-17H2,1-4H3;2*1-2H3. The van der Waals surface area contributed by atoms with Gasteiger partial charge in [-0.2, -0.15) is 0 Å². The van der Waals surface area contributed by atoms with Crippen molar-refractivity contribution in [2.75, 3.05) is 0 Å². The molecule has 182 valence electrons. The van der Waals surface area contributed by atoms with E-state index in [9.17, 15) is 5.11 Å². The Kier molecular flexibility index (Phi) is 10.2. The summed E-state index contributed by atoms with van der Waals surface area (Å²) >= 11 is 0. The van der Waals surface area contributed by atoms with Gasteiger partial charge in [-0.25, -0.2) is 0 Å². The second kappa shape index (κ2) is 11.7. The predicted octanol–water partition coefficient (Wildman–Crippen LogP) is 9.20. The molecule has 0 aromatic carbocycles. The van der Waals surface area contributed by atoms with Crippen molar-refractivity contribution in [2.24, 2.45) is 40.4 Å². The number of hydrogen-bond donors (Lipinski definition) is 1. The average Bonchev–Trinajstić information content (AvgIpc) is 3.11. The fourth-order valence-corrected chi connectivity index (χ4v) is 8.17. The maximum atomic E-state index is 10.2. The Balaban J connectivity index is 0.000000807. The highest BCUT2D eigenvalue weighted by molar-refractivity contribution is 5.25. The van der Waals surface area contributed by atoms with E-state index in [1.54, 1.807) is 5.57 Å². The zero-order valence-electron chi connectivity index (χ0n) is 22.5. The van der Waals surface area contributed by atoms with E-state index in [4.69, 9.17) is 0 Å². The number of aliphatic hydroxyl groups is 1. The van der Waals surface area contributed by atoms with Gasteiger partial charge in [0.25, 0.3) is 0 Å². The van der Waals surface area contributed by atoms with Crippen LogP contribution in [0, 0.1) is 40.4 Å². The summed E-state index contributed by atoms with van der Waals surface area (Å²) in [6.45, 7) is 18.0. The zero-order valence-corrected chi connectivity index (χ0v) is 22.5. The Labute approximate surface area is 195 Å². The van der Waals surface area contributed by atoms with Crippen molar-refractivity contribution in [3.63, 3.8) is 0 Å². The summed E-state index contributed by atoms with van der Waals surface area (Å²) in [6, 6.07) is 0. The van der Waals surface area contributed by atoms with Gasteiger partial charge in [0.2, 0.25) is 0 Å². The van der Waals surface area contributed by atoms with Gasteiger partial charge in [0.05, 0.1) is 6.10 Å². The van der Waals surface area contributed by atoms with E-state index in [-0.39, 0.29) is 6.10 Å². The highest BCUT2D eigenvalue weighted by Crippen LogP contribution is 2.66. The fourth-order valence-electron chi connectivity index (χ4n) is 8.17. The molecule has 0 bridgehead atoms. The first-order chi connectivity index (χ1) is 14.8. The Morgan fingerprint density at radius 2 is 1.65 bits per heavy atom. The summed E-state index contributed by atoms with van der Waals surface area (Å²) < 4.78 is 0. The summed E-state index contributed by atoms with van der Waals surface area (Å²) in [6.07, 6.45) is 18.7. The smallest absolute Gasteiger partial charge is 0.0577 e. The predicted molar refractivity (Wildman–Crippen MR) is 137 cm³/mol. The summed E-state index contributed by atoms with van der Waals surface area (Å²) in [5, 5.41) is 10.2. The molecule has 7 atom stereocenters. The largest absolute Gasteiger partial charge is 0.393 e. The topological polar surface area (TPSA) is 20.2 Å². The van der Waals surface area contributed by atoms with Crippen LogP contribution in [-0.2, 0) is 0 Å². The summed E-state index contributed by atoms with van der Waals surface area (Å²) in [4.78, 5) is 0. The molecule has 1 heteroatoms. The third-order valence-electron chi connectivity index (χ3n) is 9.86. The van der Waals surface area contributed by atoms with E-state index < -0.39 is 0 Å². The van der Waals surface area contributed by atoms with Gasteiger partial charge >= 0.3 is 0 Å². The van der Waals surface area contributed by atoms with Crippen LogP contribution in [-0.4, -0.2) is 11.2 Å². The fraction of sp³-hybridized carbons (Fsp3) is 0.933. The van der Waals surface area contributed by atoms with Gasteiger partial charge in [-0.3, -0.25) is 0 Å². The molecular weight excluding hydrogens is 376 g/mol. The lowest BCUT2D eigenvalue weighted by Crippen LogP contribution is -2.50. The first kappa shape index (κ1) is 26.9. The van der Waals surface area contributed by atoms with Crippen LogP contribution in [0.1, 0.15) is 132 Å². The van der Waals surface area contributed by atoms with E-state index in [0.29, 0.717) is 10.8 Å². The number of fused-ring (bicyclic) bond motifs is 5. The monoisotopic (exact) mass is 432 g/mol. The van der Waals surface area contributed by atoms with Crippen LogP contribution in [0.4, 0.5) is 0 Å². The van der Waals surface area contributed by atoms with Crippen molar-refractivity contribution in [3.05, 3.63) is 11.6 Å². The minimum atomic E-state index is -0.0727. The molecule has 3 saturated carbocycles. The minimum absolute atomic E-state index is 0.0727. The van der Waals surface area contributed by atoms with E-state index in [1.807, 2.05) is 27.7 Å². The Hall–Kier alpha value is -0.300. The molecule has 0 heterocycles. The molecule has 4 aliphatic carbocycles. The third-order valence-corrected chi connectivity index (χ3v) is 9.86. The van der Waals surface area contributed by atoms with Crippen molar-refractivity contribution < 1.29 is 5.11 Å². The maximum Gasteiger partial charge on any atom is 0.0577 e. The molecule has 4 aliphatic rings. The van der Waals surface area contributed by atoms with Gasteiger partial charge in [0.15, 0.2) is 0 Å². The molecule has 4 rings (SSSR count). The van der Waals surface area contributed by atoms with Crippen molar-refractivity contribution >= 4 is 0 Å². The summed E-state index contributed by atoms with van der Waals surface area (Å²) in [5.41, 5.74) is 2.64. The molecule has 7 unspecified atom stereocenters. The van der Waals surface area contributed by atoms with E-state index >= 15 is 0 Å². The molecule has 0 aromatic rings. The Morgan fingerprint density at radius 1 is 0.935 bits per heavy atom. The lowest BCUT2D eigenvalue weighted by atomic mass is 9.47. The number of rotatable bonds is 5. The number of unbranched alkanes of at least 4 members (excludes halogenated alkanes) is 1. The third kappa shape index (κ3) is 5.44.